The van der Waals surface area contributed by atoms with E-state index in [4.69, 9.17) is 4.74 Å². The van der Waals surface area contributed by atoms with Crippen LogP contribution in [-0.4, -0.2) is 49.8 Å². The number of thioether (sulfide) groups is 1. The average molecular weight is 344 g/mol. The molecule has 1 N–H and O–H groups in total. The largest absolute Gasteiger partial charge is 0.461 e. The second kappa shape index (κ2) is 7.12. The smallest absolute Gasteiger partial charge is 0.338 e. The van der Waals surface area contributed by atoms with Crippen molar-refractivity contribution in [2.24, 2.45) is 0 Å². The number of hydrogen-bond acceptors (Lipinski definition) is 6. The molecule has 0 atom stereocenters. The number of benzene rings is 1. The Kier molecular flexibility index (Phi) is 5.43. The van der Waals surface area contributed by atoms with Crippen molar-refractivity contribution in [2.45, 2.75) is 6.54 Å². The average Bonchev–Trinajstić information content (AvgIpc) is 2.72. The highest BCUT2D eigenvalue weighted by molar-refractivity contribution is 7.98. The maximum Gasteiger partial charge on any atom is 0.338 e. The zero-order valence-electron chi connectivity index (χ0n) is 11.9. The number of amides is 1. The predicted octanol–water partition coefficient (Wildman–Crippen LogP) is 0.383. The topological polar surface area (TPSA) is 92.8 Å². The molecule has 1 aliphatic heterocycles. The highest BCUT2D eigenvalue weighted by atomic mass is 32.2. The summed E-state index contributed by atoms with van der Waals surface area (Å²) in [6.45, 7) is 0.227. The molecule has 1 aliphatic rings. The Morgan fingerprint density at radius 1 is 1.36 bits per heavy atom. The van der Waals surface area contributed by atoms with Gasteiger partial charge < -0.3 is 4.74 Å². The minimum atomic E-state index is -3.74. The first-order chi connectivity index (χ1) is 10.4. The molecule has 120 valence electrons. The molecular formula is C13H16N2O5S2. The molecule has 22 heavy (non-hydrogen) atoms. The Bertz CT molecular complexity index is 658. The minimum Gasteiger partial charge on any atom is -0.461 e. The van der Waals surface area contributed by atoms with Crippen molar-refractivity contribution < 1.29 is 22.7 Å². The van der Waals surface area contributed by atoms with Gasteiger partial charge in [0.05, 0.1) is 12.1 Å². The Labute approximate surface area is 133 Å². The van der Waals surface area contributed by atoms with E-state index in [1.54, 1.807) is 36.0 Å². The molecule has 2 rings (SSSR count). The lowest BCUT2D eigenvalue weighted by atomic mass is 10.1. The van der Waals surface area contributed by atoms with Gasteiger partial charge in [-0.25, -0.2) is 9.52 Å². The number of ether oxygens (including phenoxy) is 1. The predicted molar refractivity (Wildman–Crippen MR) is 82.6 cm³/mol. The summed E-state index contributed by atoms with van der Waals surface area (Å²) in [4.78, 5) is 22.9. The first-order valence-corrected chi connectivity index (χ1v) is 9.31. The van der Waals surface area contributed by atoms with Crippen LogP contribution in [0.2, 0.25) is 0 Å². The van der Waals surface area contributed by atoms with E-state index in [2.05, 4.69) is 0 Å². The van der Waals surface area contributed by atoms with Crippen molar-refractivity contribution in [1.29, 1.82) is 0 Å². The third-order valence-electron chi connectivity index (χ3n) is 2.97. The number of nitrogens with one attached hydrogen (secondary N) is 1. The SMILES string of the molecule is CSCCOC(=O)c1ccc(CN2CC(=O)NS2(=O)=O)cc1. The van der Waals surface area contributed by atoms with E-state index in [-0.39, 0.29) is 13.1 Å². The molecule has 1 amide bonds. The highest BCUT2D eigenvalue weighted by Crippen LogP contribution is 2.13. The molecule has 1 fully saturated rings. The van der Waals surface area contributed by atoms with Crippen molar-refractivity contribution in [2.75, 3.05) is 25.2 Å². The first-order valence-electron chi connectivity index (χ1n) is 6.48. The van der Waals surface area contributed by atoms with Crippen LogP contribution in [-0.2, 0) is 26.3 Å². The minimum absolute atomic E-state index is 0.0723. The van der Waals surface area contributed by atoms with Gasteiger partial charge in [0, 0.05) is 12.3 Å². The molecule has 0 aliphatic carbocycles. The van der Waals surface area contributed by atoms with Gasteiger partial charge in [0.25, 0.3) is 0 Å². The molecule has 0 bridgehead atoms. The Hall–Kier alpha value is -1.58. The fraction of sp³-hybridized carbons (Fsp3) is 0.385. The number of carbonyl (C=O) groups excluding carboxylic acids is 2. The van der Waals surface area contributed by atoms with Crippen LogP contribution in [0.25, 0.3) is 0 Å². The molecule has 0 saturated carbocycles. The standard InChI is InChI=1S/C13H16N2O5S2/c1-21-7-6-20-13(17)11-4-2-10(3-5-11)8-15-9-12(16)14-22(15,18)19/h2-5H,6-9H2,1H3,(H,14,16). The fourth-order valence-corrected chi connectivity index (χ4v) is 3.22. The van der Waals surface area contributed by atoms with Crippen LogP contribution in [0.4, 0.5) is 0 Å². The summed E-state index contributed by atoms with van der Waals surface area (Å²) in [7, 11) is -3.74. The van der Waals surface area contributed by atoms with Gasteiger partial charge >= 0.3 is 16.2 Å². The molecule has 0 spiro atoms. The lowest BCUT2D eigenvalue weighted by Crippen LogP contribution is -2.29. The van der Waals surface area contributed by atoms with E-state index < -0.39 is 22.1 Å². The first kappa shape index (κ1) is 16.8. The van der Waals surface area contributed by atoms with Gasteiger partial charge in [-0.05, 0) is 24.0 Å². The summed E-state index contributed by atoms with van der Waals surface area (Å²) in [6, 6.07) is 6.44. The summed E-state index contributed by atoms with van der Waals surface area (Å²) >= 11 is 1.59. The van der Waals surface area contributed by atoms with Crippen molar-refractivity contribution in [3.63, 3.8) is 0 Å². The van der Waals surface area contributed by atoms with Crippen LogP contribution in [0, 0.1) is 0 Å². The van der Waals surface area contributed by atoms with E-state index in [1.807, 2.05) is 11.0 Å². The van der Waals surface area contributed by atoms with Crippen molar-refractivity contribution in [3.05, 3.63) is 35.4 Å². The molecule has 9 heteroatoms. The summed E-state index contributed by atoms with van der Waals surface area (Å²) in [5, 5.41) is 0. The monoisotopic (exact) mass is 344 g/mol. The number of rotatable bonds is 6. The van der Waals surface area contributed by atoms with E-state index in [1.165, 1.54) is 0 Å². The summed E-state index contributed by atoms with van der Waals surface area (Å²) in [6.07, 6.45) is 1.93. The second-order valence-corrected chi connectivity index (χ2v) is 7.28. The van der Waals surface area contributed by atoms with E-state index in [0.29, 0.717) is 17.7 Å². The van der Waals surface area contributed by atoms with Crippen LogP contribution in [0.15, 0.2) is 24.3 Å². The summed E-state index contributed by atoms with van der Waals surface area (Å²) in [5.41, 5.74) is 1.09. The van der Waals surface area contributed by atoms with Crippen molar-refractivity contribution in [3.8, 4) is 0 Å². The molecule has 1 aromatic rings. The quantitative estimate of drug-likeness (QED) is 0.592. The maximum atomic E-state index is 11.7. The Morgan fingerprint density at radius 3 is 2.59 bits per heavy atom. The van der Waals surface area contributed by atoms with Gasteiger partial charge in [0.1, 0.15) is 6.61 Å². The van der Waals surface area contributed by atoms with Crippen LogP contribution in [0.5, 0.6) is 0 Å². The number of carbonyl (C=O) groups is 2. The molecule has 0 radical (unpaired) electrons. The maximum absolute atomic E-state index is 11.7. The third-order valence-corrected chi connectivity index (χ3v) is 4.97. The van der Waals surface area contributed by atoms with E-state index in [9.17, 15) is 18.0 Å². The lowest BCUT2D eigenvalue weighted by Gasteiger charge is -2.12. The molecule has 0 unspecified atom stereocenters. The van der Waals surface area contributed by atoms with Crippen molar-refractivity contribution in [1.82, 2.24) is 9.03 Å². The lowest BCUT2D eigenvalue weighted by molar-refractivity contribution is -0.118. The molecular weight excluding hydrogens is 328 g/mol. The van der Waals surface area contributed by atoms with Gasteiger partial charge in [-0.1, -0.05) is 12.1 Å². The van der Waals surface area contributed by atoms with Gasteiger partial charge in [-0.15, -0.1) is 0 Å². The third kappa shape index (κ3) is 4.21. The van der Waals surface area contributed by atoms with Crippen LogP contribution >= 0.6 is 11.8 Å². The van der Waals surface area contributed by atoms with Crippen LogP contribution in [0.3, 0.4) is 0 Å². The Balaban J connectivity index is 1.97. The van der Waals surface area contributed by atoms with Gasteiger partial charge in [-0.2, -0.15) is 24.5 Å². The molecule has 1 saturated heterocycles. The van der Waals surface area contributed by atoms with Crippen LogP contribution < -0.4 is 4.72 Å². The fourth-order valence-electron chi connectivity index (χ4n) is 1.88. The normalized spacial score (nSPS) is 17.2. The zero-order chi connectivity index (χ0) is 16.2. The summed E-state index contributed by atoms with van der Waals surface area (Å²) in [5.74, 6) is -0.224. The highest BCUT2D eigenvalue weighted by Gasteiger charge is 2.33. The number of hydrogen-bond donors (Lipinski definition) is 1. The van der Waals surface area contributed by atoms with E-state index >= 15 is 0 Å². The summed E-state index contributed by atoms with van der Waals surface area (Å²) < 4.78 is 31.2. The van der Waals surface area contributed by atoms with Crippen LogP contribution in [0.1, 0.15) is 15.9 Å². The molecule has 1 heterocycles. The molecule has 7 nitrogen and oxygen atoms in total. The van der Waals surface area contributed by atoms with Gasteiger partial charge in [0.2, 0.25) is 5.91 Å². The number of nitrogens with zero attached hydrogens (tertiary/aromatic N) is 1. The second-order valence-electron chi connectivity index (χ2n) is 4.62. The molecule has 0 aromatic heterocycles. The van der Waals surface area contributed by atoms with E-state index in [0.717, 1.165) is 10.1 Å². The van der Waals surface area contributed by atoms with Gasteiger partial charge in [0.15, 0.2) is 0 Å². The zero-order valence-corrected chi connectivity index (χ0v) is 13.6. The Morgan fingerprint density at radius 2 is 2.05 bits per heavy atom. The number of esters is 1. The molecule has 1 aromatic carbocycles. The van der Waals surface area contributed by atoms with Crippen molar-refractivity contribution >= 4 is 33.8 Å². The van der Waals surface area contributed by atoms with Gasteiger partial charge in [-0.3, -0.25) is 4.79 Å².